The highest BCUT2D eigenvalue weighted by Gasteiger charge is 2.27. The van der Waals surface area contributed by atoms with E-state index in [1.807, 2.05) is 6.20 Å². The second-order valence-corrected chi connectivity index (χ2v) is 11.2. The molecule has 11 heteroatoms. The molecule has 2 aliphatic rings. The largest absolute Gasteiger partial charge is 0.440 e. The van der Waals surface area contributed by atoms with Gasteiger partial charge in [0.05, 0.1) is 30.6 Å². The van der Waals surface area contributed by atoms with Crippen LogP contribution in [0.15, 0.2) is 35.1 Å². The molecule has 2 fully saturated rings. The van der Waals surface area contributed by atoms with Gasteiger partial charge in [-0.15, -0.1) is 0 Å². The Labute approximate surface area is 238 Å². The molecular formula is C30H36FN7O3. The normalized spacial score (nSPS) is 18.4. The lowest BCUT2D eigenvalue weighted by atomic mass is 9.96. The molecule has 2 N–H and O–H groups in total. The Balaban J connectivity index is 1.39. The number of hydrogen-bond donors (Lipinski definition) is 2. The van der Waals surface area contributed by atoms with Crippen LogP contribution in [-0.4, -0.2) is 75.8 Å². The summed E-state index contributed by atoms with van der Waals surface area (Å²) in [5.74, 6) is 1.49. The molecule has 0 radical (unpaired) electrons. The van der Waals surface area contributed by atoms with Gasteiger partial charge >= 0.3 is 0 Å². The Morgan fingerprint density at radius 2 is 1.93 bits per heavy atom. The maximum Gasteiger partial charge on any atom is 0.251 e. The number of ether oxygens (including phenoxy) is 1. The predicted molar refractivity (Wildman–Crippen MR) is 154 cm³/mol. The van der Waals surface area contributed by atoms with E-state index in [9.17, 15) is 4.79 Å². The Morgan fingerprint density at radius 3 is 2.63 bits per heavy atom. The summed E-state index contributed by atoms with van der Waals surface area (Å²) < 4.78 is 29.0. The number of benzene rings is 1. The lowest BCUT2D eigenvalue weighted by Crippen LogP contribution is -2.37. The highest BCUT2D eigenvalue weighted by molar-refractivity contribution is 5.96. The molecule has 0 saturated carbocycles. The van der Waals surface area contributed by atoms with Gasteiger partial charge in [0.1, 0.15) is 11.6 Å². The van der Waals surface area contributed by atoms with E-state index < -0.39 is 5.82 Å². The first-order valence-electron chi connectivity index (χ1n) is 14.3. The maximum absolute atomic E-state index is 15.4. The van der Waals surface area contributed by atoms with Gasteiger partial charge in [0.2, 0.25) is 0 Å². The van der Waals surface area contributed by atoms with E-state index in [0.29, 0.717) is 58.7 Å². The lowest BCUT2D eigenvalue weighted by molar-refractivity contribution is 0.0963. The highest BCUT2D eigenvalue weighted by atomic mass is 19.1. The summed E-state index contributed by atoms with van der Waals surface area (Å²) in [7, 11) is 1.55. The molecule has 0 spiro atoms. The lowest BCUT2D eigenvalue weighted by Gasteiger charge is -2.33. The van der Waals surface area contributed by atoms with E-state index in [0.717, 1.165) is 38.2 Å². The van der Waals surface area contributed by atoms with Gasteiger partial charge in [-0.3, -0.25) is 4.79 Å². The van der Waals surface area contributed by atoms with Crippen molar-refractivity contribution < 1.29 is 18.3 Å². The molecule has 216 valence electrons. The van der Waals surface area contributed by atoms with Crippen LogP contribution in [0.5, 0.6) is 0 Å². The summed E-state index contributed by atoms with van der Waals surface area (Å²) in [6.07, 6.45) is 8.02. The number of nitrogens with one attached hydrogen (secondary N) is 2. The van der Waals surface area contributed by atoms with Crippen LogP contribution in [-0.2, 0) is 4.74 Å². The number of aromatic nitrogens is 4. The third kappa shape index (κ3) is 5.31. The predicted octanol–water partition coefficient (Wildman–Crippen LogP) is 4.65. The molecule has 5 heterocycles. The third-order valence-electron chi connectivity index (χ3n) is 8.20. The molecule has 1 amide bonds. The summed E-state index contributed by atoms with van der Waals surface area (Å²) in [6.45, 7) is 9.38. The zero-order valence-electron chi connectivity index (χ0n) is 23.9. The number of amides is 1. The summed E-state index contributed by atoms with van der Waals surface area (Å²) in [5.41, 5.74) is 2.67. The van der Waals surface area contributed by atoms with E-state index in [4.69, 9.17) is 14.1 Å². The van der Waals surface area contributed by atoms with Crippen molar-refractivity contribution in [2.45, 2.75) is 58.0 Å². The molecule has 2 saturated heterocycles. The smallest absolute Gasteiger partial charge is 0.251 e. The number of carbonyl (C=O) groups is 1. The SMILES string of the molecule is CNC(=O)c1cc(C)c(F)c(-c2cnn3cc(-c4cnc(C5CCN(C(C)C)CC5)o4)c(N[C@H]4CCOC4)nc23)c1. The van der Waals surface area contributed by atoms with E-state index >= 15 is 4.39 Å². The number of oxazole rings is 1. The maximum atomic E-state index is 15.4. The van der Waals surface area contributed by atoms with Crippen LogP contribution < -0.4 is 10.6 Å². The Hall–Kier alpha value is -3.83. The molecule has 3 aromatic heterocycles. The number of rotatable bonds is 7. The molecule has 4 aromatic rings. The minimum atomic E-state index is -0.416. The van der Waals surface area contributed by atoms with Crippen molar-refractivity contribution in [1.82, 2.24) is 29.8 Å². The summed E-state index contributed by atoms with van der Waals surface area (Å²) >= 11 is 0. The first kappa shape index (κ1) is 27.3. The molecule has 10 nitrogen and oxygen atoms in total. The van der Waals surface area contributed by atoms with E-state index in [1.165, 1.54) is 6.07 Å². The zero-order valence-corrected chi connectivity index (χ0v) is 23.9. The van der Waals surface area contributed by atoms with Crippen molar-refractivity contribution in [3.63, 3.8) is 0 Å². The number of halogens is 1. The van der Waals surface area contributed by atoms with Crippen molar-refractivity contribution in [1.29, 1.82) is 0 Å². The monoisotopic (exact) mass is 561 g/mol. The first-order valence-corrected chi connectivity index (χ1v) is 14.3. The van der Waals surface area contributed by atoms with Crippen LogP contribution in [0.25, 0.3) is 28.1 Å². The van der Waals surface area contributed by atoms with Crippen LogP contribution in [0.3, 0.4) is 0 Å². The van der Waals surface area contributed by atoms with Crippen molar-refractivity contribution in [3.8, 4) is 22.5 Å². The zero-order chi connectivity index (χ0) is 28.7. The minimum absolute atomic E-state index is 0.0772. The number of piperidine rings is 1. The third-order valence-corrected chi connectivity index (χ3v) is 8.20. The van der Waals surface area contributed by atoms with E-state index in [-0.39, 0.29) is 23.4 Å². The molecule has 0 unspecified atom stereocenters. The van der Waals surface area contributed by atoms with Crippen LogP contribution in [0.4, 0.5) is 10.2 Å². The summed E-state index contributed by atoms with van der Waals surface area (Å²) in [6, 6.07) is 3.69. The van der Waals surface area contributed by atoms with Gasteiger partial charge in [0, 0.05) is 48.5 Å². The molecule has 6 rings (SSSR count). The fourth-order valence-electron chi connectivity index (χ4n) is 5.74. The summed E-state index contributed by atoms with van der Waals surface area (Å²) in [5, 5.41) is 10.6. The van der Waals surface area contributed by atoms with Crippen molar-refractivity contribution >= 4 is 17.4 Å². The quantitative estimate of drug-likeness (QED) is 0.336. The van der Waals surface area contributed by atoms with Gasteiger partial charge in [0.15, 0.2) is 17.3 Å². The number of carbonyl (C=O) groups excluding carboxylic acids is 1. The van der Waals surface area contributed by atoms with Gasteiger partial charge in [-0.2, -0.15) is 5.10 Å². The minimum Gasteiger partial charge on any atom is -0.440 e. The Morgan fingerprint density at radius 1 is 1.12 bits per heavy atom. The fraction of sp³-hybridized carbons (Fsp3) is 0.467. The molecule has 41 heavy (non-hydrogen) atoms. The van der Waals surface area contributed by atoms with Crippen LogP contribution in [0.1, 0.15) is 60.8 Å². The molecule has 2 aliphatic heterocycles. The number of aryl methyl sites for hydroxylation is 1. The van der Waals surface area contributed by atoms with Gasteiger partial charge < -0.3 is 24.7 Å². The van der Waals surface area contributed by atoms with Gasteiger partial charge in [0.25, 0.3) is 5.91 Å². The van der Waals surface area contributed by atoms with Gasteiger partial charge in [-0.1, -0.05) is 0 Å². The number of fused-ring (bicyclic) bond motifs is 1. The molecule has 1 aromatic carbocycles. The topological polar surface area (TPSA) is 110 Å². The first-order chi connectivity index (χ1) is 19.8. The van der Waals surface area contributed by atoms with Crippen LogP contribution in [0, 0.1) is 12.7 Å². The number of hydrogen-bond acceptors (Lipinski definition) is 8. The number of anilines is 1. The molecule has 0 bridgehead atoms. The van der Waals surface area contributed by atoms with Crippen molar-refractivity contribution in [3.05, 3.63) is 53.6 Å². The average Bonchev–Trinajstić information content (AvgIpc) is 3.75. The van der Waals surface area contributed by atoms with Crippen molar-refractivity contribution in [2.24, 2.45) is 0 Å². The van der Waals surface area contributed by atoms with Crippen molar-refractivity contribution in [2.75, 3.05) is 38.7 Å². The molecule has 0 aliphatic carbocycles. The standard InChI is InChI=1S/C30H36FN7O3/c1-17(2)37-8-5-19(6-9-37)30-33-14-25(41-30)24-15-38-28(36-27(24)35-21-7-10-40-16-21)23(13-34-38)22-12-20(29(39)32-4)11-18(3)26(22)31/h11-15,17,19,21H,5-10,16H2,1-4H3,(H,32,39)(H,35,36)/t21-/m0/s1. The van der Waals surface area contributed by atoms with Gasteiger partial charge in [-0.25, -0.2) is 18.9 Å². The fourth-order valence-corrected chi connectivity index (χ4v) is 5.74. The number of likely N-dealkylation sites (tertiary alicyclic amines) is 1. The second kappa shape index (κ2) is 11.2. The Kier molecular flexibility index (Phi) is 7.48. The van der Waals surface area contributed by atoms with Gasteiger partial charge in [-0.05, 0) is 70.8 Å². The molecular weight excluding hydrogens is 525 g/mol. The van der Waals surface area contributed by atoms with E-state index in [1.54, 1.807) is 36.9 Å². The Bertz CT molecular complexity index is 1570. The number of nitrogens with zero attached hydrogens (tertiary/aromatic N) is 5. The second-order valence-electron chi connectivity index (χ2n) is 11.2. The average molecular weight is 562 g/mol. The highest BCUT2D eigenvalue weighted by Crippen LogP contribution is 2.36. The molecule has 1 atom stereocenters. The van der Waals surface area contributed by atoms with Crippen LogP contribution >= 0.6 is 0 Å². The van der Waals surface area contributed by atoms with E-state index in [2.05, 4.69) is 39.5 Å². The summed E-state index contributed by atoms with van der Waals surface area (Å²) in [4.78, 5) is 24.4. The van der Waals surface area contributed by atoms with Crippen LogP contribution in [0.2, 0.25) is 0 Å².